The first-order chi connectivity index (χ1) is 9.40. The molecule has 0 spiro atoms. The summed E-state index contributed by atoms with van der Waals surface area (Å²) in [6.07, 6.45) is 6.64. The van der Waals surface area contributed by atoms with Crippen molar-refractivity contribution in [3.8, 4) is 0 Å². The summed E-state index contributed by atoms with van der Waals surface area (Å²) in [5.41, 5.74) is 3.18. The largest absolute Gasteiger partial charge is 0.315 e. The predicted molar refractivity (Wildman–Crippen MR) is 80.4 cm³/mol. The molecule has 0 aromatic heterocycles. The van der Waals surface area contributed by atoms with Crippen molar-refractivity contribution in [1.82, 2.24) is 10.2 Å². The molecule has 0 saturated carbocycles. The zero-order chi connectivity index (χ0) is 13.1. The third-order valence-corrected chi connectivity index (χ3v) is 4.84. The maximum absolute atomic E-state index is 3.57. The van der Waals surface area contributed by atoms with Crippen LogP contribution < -0.4 is 5.32 Å². The molecule has 1 aromatic carbocycles. The van der Waals surface area contributed by atoms with Crippen LogP contribution >= 0.6 is 0 Å². The van der Waals surface area contributed by atoms with Gasteiger partial charge >= 0.3 is 0 Å². The number of hydrogen-bond donors (Lipinski definition) is 1. The van der Waals surface area contributed by atoms with Gasteiger partial charge in [-0.1, -0.05) is 31.2 Å². The Morgan fingerprint density at radius 2 is 2.11 bits per heavy atom. The van der Waals surface area contributed by atoms with E-state index in [1.54, 1.807) is 11.1 Å². The summed E-state index contributed by atoms with van der Waals surface area (Å²) in [4.78, 5) is 2.75. The van der Waals surface area contributed by atoms with Gasteiger partial charge < -0.3 is 5.32 Å². The van der Waals surface area contributed by atoms with E-state index in [1.165, 1.54) is 51.7 Å². The molecule has 104 valence electrons. The van der Waals surface area contributed by atoms with E-state index >= 15 is 0 Å². The van der Waals surface area contributed by atoms with E-state index in [0.29, 0.717) is 6.04 Å². The molecule has 3 rings (SSSR count). The van der Waals surface area contributed by atoms with Gasteiger partial charge in [0.15, 0.2) is 0 Å². The Labute approximate surface area is 117 Å². The lowest BCUT2D eigenvalue weighted by Gasteiger charge is -2.42. The fourth-order valence-electron chi connectivity index (χ4n) is 3.92. The maximum Gasteiger partial charge on any atom is 0.0354 e. The average molecular weight is 258 g/mol. The van der Waals surface area contributed by atoms with Crippen LogP contribution in [0.2, 0.25) is 0 Å². The molecule has 2 atom stereocenters. The van der Waals surface area contributed by atoms with Gasteiger partial charge in [-0.25, -0.2) is 0 Å². The lowest BCUT2D eigenvalue weighted by Crippen LogP contribution is -2.48. The van der Waals surface area contributed by atoms with Crippen LogP contribution in [0.3, 0.4) is 0 Å². The van der Waals surface area contributed by atoms with E-state index in [9.17, 15) is 0 Å². The number of benzene rings is 1. The normalized spacial score (nSPS) is 27.3. The van der Waals surface area contributed by atoms with Crippen LogP contribution in [0.5, 0.6) is 0 Å². The molecule has 1 fully saturated rings. The molecule has 0 radical (unpaired) electrons. The number of nitrogens with one attached hydrogen (secondary N) is 1. The molecule has 1 aliphatic carbocycles. The van der Waals surface area contributed by atoms with Gasteiger partial charge in [0.1, 0.15) is 0 Å². The van der Waals surface area contributed by atoms with Crippen molar-refractivity contribution in [2.24, 2.45) is 0 Å². The minimum atomic E-state index is 0.653. The Morgan fingerprint density at radius 3 is 2.89 bits per heavy atom. The second-order valence-electron chi connectivity index (χ2n) is 5.94. The number of aryl methyl sites for hydroxylation is 1. The molecule has 2 aliphatic rings. The van der Waals surface area contributed by atoms with Gasteiger partial charge in [0.2, 0.25) is 0 Å². The molecule has 2 unspecified atom stereocenters. The zero-order valence-corrected chi connectivity index (χ0v) is 12.1. The fourth-order valence-corrected chi connectivity index (χ4v) is 3.92. The van der Waals surface area contributed by atoms with Gasteiger partial charge in [-0.15, -0.1) is 0 Å². The van der Waals surface area contributed by atoms with E-state index in [2.05, 4.69) is 41.4 Å². The van der Waals surface area contributed by atoms with Crippen molar-refractivity contribution < 1.29 is 0 Å². The summed E-state index contributed by atoms with van der Waals surface area (Å²) >= 11 is 0. The minimum absolute atomic E-state index is 0.653. The molecular weight excluding hydrogens is 232 g/mol. The van der Waals surface area contributed by atoms with Gasteiger partial charge in [0.25, 0.3) is 0 Å². The second-order valence-corrected chi connectivity index (χ2v) is 5.94. The first-order valence-corrected chi connectivity index (χ1v) is 7.94. The van der Waals surface area contributed by atoms with Crippen molar-refractivity contribution in [2.45, 2.75) is 51.1 Å². The van der Waals surface area contributed by atoms with Crippen molar-refractivity contribution in [3.63, 3.8) is 0 Å². The predicted octanol–water partition coefficient (Wildman–Crippen LogP) is 3.14. The number of piperidine rings is 1. The van der Waals surface area contributed by atoms with E-state index in [4.69, 9.17) is 0 Å². The number of hydrogen-bond acceptors (Lipinski definition) is 2. The quantitative estimate of drug-likeness (QED) is 0.896. The number of rotatable bonds is 3. The lowest BCUT2D eigenvalue weighted by atomic mass is 9.85. The highest BCUT2D eigenvalue weighted by molar-refractivity contribution is 5.32. The molecule has 1 N–H and O–H groups in total. The lowest BCUT2D eigenvalue weighted by molar-refractivity contribution is 0.107. The van der Waals surface area contributed by atoms with E-state index in [1.807, 2.05) is 0 Å². The number of nitrogens with zero attached hydrogens (tertiary/aromatic N) is 1. The topological polar surface area (TPSA) is 15.3 Å². The third kappa shape index (κ3) is 2.70. The van der Waals surface area contributed by atoms with Gasteiger partial charge in [0.05, 0.1) is 0 Å². The highest BCUT2D eigenvalue weighted by Gasteiger charge is 2.30. The van der Waals surface area contributed by atoms with Gasteiger partial charge in [-0.3, -0.25) is 4.90 Å². The summed E-state index contributed by atoms with van der Waals surface area (Å²) < 4.78 is 0. The Hall–Kier alpha value is -0.860. The summed E-state index contributed by atoms with van der Waals surface area (Å²) in [5, 5.41) is 3.57. The number of fused-ring (bicyclic) bond motifs is 1. The first-order valence-electron chi connectivity index (χ1n) is 7.94. The Balaban J connectivity index is 1.83. The van der Waals surface area contributed by atoms with Crippen molar-refractivity contribution in [1.29, 1.82) is 0 Å². The Morgan fingerprint density at radius 1 is 1.21 bits per heavy atom. The summed E-state index contributed by atoms with van der Waals surface area (Å²) in [7, 11) is 0. The molecule has 19 heavy (non-hydrogen) atoms. The highest BCUT2D eigenvalue weighted by Crippen LogP contribution is 2.35. The third-order valence-electron chi connectivity index (χ3n) is 4.84. The minimum Gasteiger partial charge on any atom is -0.315 e. The van der Waals surface area contributed by atoms with Crippen LogP contribution in [0.25, 0.3) is 0 Å². The molecule has 1 aliphatic heterocycles. The monoisotopic (exact) mass is 258 g/mol. The van der Waals surface area contributed by atoms with Crippen molar-refractivity contribution >= 4 is 0 Å². The molecule has 1 heterocycles. The molecule has 2 nitrogen and oxygen atoms in total. The van der Waals surface area contributed by atoms with Crippen molar-refractivity contribution in [2.75, 3.05) is 19.6 Å². The second kappa shape index (κ2) is 6.06. The van der Waals surface area contributed by atoms with Crippen LogP contribution in [-0.4, -0.2) is 30.6 Å². The van der Waals surface area contributed by atoms with Crippen LogP contribution in [0.1, 0.15) is 49.8 Å². The SMILES string of the molecule is CCN(C1CCCNC1)C1CCCc2ccccc21. The van der Waals surface area contributed by atoms with E-state index in [-0.39, 0.29) is 0 Å². The van der Waals surface area contributed by atoms with Gasteiger partial charge in [-0.2, -0.15) is 0 Å². The fraction of sp³-hybridized carbons (Fsp3) is 0.647. The molecular formula is C17H26N2. The van der Waals surface area contributed by atoms with Gasteiger partial charge in [-0.05, 0) is 56.3 Å². The van der Waals surface area contributed by atoms with Gasteiger partial charge in [0, 0.05) is 18.6 Å². The summed E-state index contributed by atoms with van der Waals surface area (Å²) in [6, 6.07) is 10.5. The zero-order valence-electron chi connectivity index (χ0n) is 12.1. The Kier molecular flexibility index (Phi) is 4.19. The standard InChI is InChI=1S/C17H26N2/c1-2-19(15-9-6-12-18-13-15)17-11-5-8-14-7-3-4-10-16(14)17/h3-4,7,10,15,17-18H,2,5-6,8-9,11-13H2,1H3. The van der Waals surface area contributed by atoms with Crippen LogP contribution in [-0.2, 0) is 6.42 Å². The van der Waals surface area contributed by atoms with E-state index < -0.39 is 0 Å². The van der Waals surface area contributed by atoms with Crippen LogP contribution in [0.15, 0.2) is 24.3 Å². The van der Waals surface area contributed by atoms with Crippen LogP contribution in [0.4, 0.5) is 0 Å². The smallest absolute Gasteiger partial charge is 0.0354 e. The molecule has 2 heteroatoms. The highest BCUT2D eigenvalue weighted by atomic mass is 15.2. The summed E-state index contributed by atoms with van der Waals surface area (Å²) in [5.74, 6) is 0. The average Bonchev–Trinajstić information content (AvgIpc) is 2.49. The van der Waals surface area contributed by atoms with Crippen LogP contribution in [0, 0.1) is 0 Å². The summed E-state index contributed by atoms with van der Waals surface area (Å²) in [6.45, 7) is 5.87. The molecule has 0 bridgehead atoms. The molecule has 1 aromatic rings. The first kappa shape index (κ1) is 13.1. The molecule has 1 saturated heterocycles. The van der Waals surface area contributed by atoms with E-state index in [0.717, 1.165) is 6.04 Å². The van der Waals surface area contributed by atoms with Crippen molar-refractivity contribution in [3.05, 3.63) is 35.4 Å². The number of likely N-dealkylation sites (N-methyl/N-ethyl adjacent to an activating group) is 1. The maximum atomic E-state index is 3.57. The Bertz CT molecular complexity index is 409. The molecule has 0 amide bonds.